The molecule has 0 spiro atoms. The van der Waals surface area contributed by atoms with E-state index in [1.165, 1.54) is 131 Å². The highest BCUT2D eigenvalue weighted by Crippen LogP contribution is 2.52. The molecule has 0 saturated heterocycles. The van der Waals surface area contributed by atoms with Gasteiger partial charge in [0.25, 0.3) is 0 Å². The summed E-state index contributed by atoms with van der Waals surface area (Å²) in [4.78, 5) is 22.1. The summed E-state index contributed by atoms with van der Waals surface area (Å²) in [7, 11) is 0. The van der Waals surface area contributed by atoms with Crippen LogP contribution in [0.15, 0.2) is 409 Å². The van der Waals surface area contributed by atoms with Gasteiger partial charge in [0.1, 0.15) is 33.6 Å². The van der Waals surface area contributed by atoms with Gasteiger partial charge < -0.3 is 17.6 Å². The molecular formula is C114H66N8O2. The highest BCUT2D eigenvalue weighted by molar-refractivity contribution is 6.38. The van der Waals surface area contributed by atoms with Crippen LogP contribution in [0.1, 0.15) is 0 Å². The normalized spacial score (nSPS) is 12.2. The fourth-order valence-corrected chi connectivity index (χ4v) is 20.3. The van der Waals surface area contributed by atoms with Crippen molar-refractivity contribution in [3.63, 3.8) is 0 Å². The van der Waals surface area contributed by atoms with Crippen LogP contribution in [0.2, 0.25) is 0 Å². The molecule has 10 nitrogen and oxygen atoms in total. The molecule has 10 heteroatoms. The molecule has 0 unspecified atom stereocenters. The van der Waals surface area contributed by atoms with Crippen molar-refractivity contribution >= 4 is 175 Å². The van der Waals surface area contributed by atoms with Crippen LogP contribution in [-0.4, -0.2) is 37.9 Å². The van der Waals surface area contributed by atoms with Gasteiger partial charge >= 0.3 is 0 Å². The number of para-hydroxylation sites is 4. The summed E-state index contributed by atoms with van der Waals surface area (Å²) in [5.41, 5.74) is 31.1. The molecule has 28 rings (SSSR count). The zero-order valence-electron chi connectivity index (χ0n) is 66.5. The second kappa shape index (κ2) is 26.3. The molecule has 10 heterocycles. The van der Waals surface area contributed by atoms with Crippen LogP contribution in [0.4, 0.5) is 0 Å². The Bertz CT molecular complexity index is 9290. The van der Waals surface area contributed by atoms with Crippen LogP contribution in [0.25, 0.3) is 265 Å². The summed E-state index contributed by atoms with van der Waals surface area (Å²) in [6.07, 6.45) is 0. The van der Waals surface area contributed by atoms with Crippen molar-refractivity contribution in [3.8, 4) is 90.0 Å². The number of furan rings is 2. The maximum absolute atomic E-state index is 6.65. The predicted molar refractivity (Wildman–Crippen MR) is 512 cm³/mol. The van der Waals surface area contributed by atoms with E-state index in [2.05, 4.69) is 382 Å². The highest BCUT2D eigenvalue weighted by Gasteiger charge is 2.31. The van der Waals surface area contributed by atoms with E-state index in [9.17, 15) is 0 Å². The van der Waals surface area contributed by atoms with Crippen molar-refractivity contribution < 1.29 is 8.83 Å². The summed E-state index contributed by atoms with van der Waals surface area (Å²) in [5, 5.41) is 18.6. The van der Waals surface area contributed by atoms with Crippen LogP contribution in [0.5, 0.6) is 0 Å². The number of rotatable bonds is 9. The van der Waals surface area contributed by atoms with E-state index in [0.29, 0.717) is 23.1 Å². The number of benzene rings is 18. The molecule has 574 valence electrons. The third kappa shape index (κ3) is 10.0. The molecule has 0 bridgehead atoms. The lowest BCUT2D eigenvalue weighted by Crippen LogP contribution is -2.03. The van der Waals surface area contributed by atoms with Crippen molar-refractivity contribution in [3.05, 3.63) is 400 Å². The summed E-state index contributed by atoms with van der Waals surface area (Å²) < 4.78 is 22.9. The third-order valence-electron chi connectivity index (χ3n) is 25.9. The number of hydrogen-bond donors (Lipinski definition) is 0. The number of nitrogens with zero attached hydrogens (tertiary/aromatic N) is 8. The zero-order valence-corrected chi connectivity index (χ0v) is 66.5. The van der Waals surface area contributed by atoms with Crippen molar-refractivity contribution in [2.45, 2.75) is 0 Å². The minimum absolute atomic E-state index is 0.593. The molecule has 0 aliphatic rings. The van der Waals surface area contributed by atoms with Crippen molar-refractivity contribution in [1.82, 2.24) is 37.9 Å². The molecule has 124 heavy (non-hydrogen) atoms. The molecule has 0 amide bonds. The van der Waals surface area contributed by atoms with Gasteiger partial charge in [-0.25, -0.2) is 19.9 Å². The molecule has 0 atom stereocenters. The van der Waals surface area contributed by atoms with Crippen LogP contribution < -0.4 is 0 Å². The topological polar surface area (TPSA) is 96.5 Å². The Morgan fingerprint density at radius 3 is 0.952 bits per heavy atom. The standard InChI is InChI=1S/C58H34N4O.C56H32N4O/c1-4-14-35(15-5-1)38-24-26-39(27-25-38)54-57-55(43-21-11-13-23-51(43)63-57)60-58(59-54)62-49-31-29-41(37-18-8-3-9-19-37)33-46(49)52-50(62)34-45-44-32-40(36-16-6-2-7-17-36)28-30-48(44)61-47-22-12-10-20-42(47)53(52)56(45)61;1-3-13-33(14-4-1)37-25-27-46-42(30-37)43-32-48-50(51-40-19-9-11-21-45(40)59(46)54(43)51)44-31-38(34-15-5-2-6-16-34)26-28-47(44)60(48)56-57-52(39-24-23-35-17-7-8-18-36(35)29-39)55-53(58-56)41-20-10-12-22-49(41)61-55/h1-34H;1-32H. The lowest BCUT2D eigenvalue weighted by Gasteiger charge is -2.11. The van der Waals surface area contributed by atoms with Gasteiger partial charge in [-0.1, -0.05) is 297 Å². The summed E-state index contributed by atoms with van der Waals surface area (Å²) >= 11 is 0. The first-order chi connectivity index (χ1) is 61.5. The van der Waals surface area contributed by atoms with Gasteiger partial charge in [0, 0.05) is 86.5 Å². The first-order valence-electron chi connectivity index (χ1n) is 42.1. The zero-order chi connectivity index (χ0) is 80.9. The van der Waals surface area contributed by atoms with Crippen LogP contribution in [0.3, 0.4) is 0 Å². The molecule has 0 fully saturated rings. The van der Waals surface area contributed by atoms with E-state index >= 15 is 0 Å². The smallest absolute Gasteiger partial charge is 0.236 e. The lowest BCUT2D eigenvalue weighted by atomic mass is 9.98. The molecule has 10 aromatic heterocycles. The van der Waals surface area contributed by atoms with Crippen LogP contribution in [0, 0.1) is 0 Å². The second-order valence-electron chi connectivity index (χ2n) is 32.7. The van der Waals surface area contributed by atoms with E-state index in [-0.39, 0.29) is 0 Å². The molecular weight excluding hydrogens is 1510 g/mol. The van der Waals surface area contributed by atoms with Crippen molar-refractivity contribution in [1.29, 1.82) is 0 Å². The summed E-state index contributed by atoms with van der Waals surface area (Å²) in [6.45, 7) is 0. The van der Waals surface area contributed by atoms with Crippen molar-refractivity contribution in [2.75, 3.05) is 0 Å². The first kappa shape index (κ1) is 68.1. The first-order valence-corrected chi connectivity index (χ1v) is 42.1. The minimum Gasteiger partial charge on any atom is -0.452 e. The number of fused-ring (bicyclic) bond motifs is 27. The van der Waals surface area contributed by atoms with Gasteiger partial charge in [0.05, 0.1) is 55.2 Å². The lowest BCUT2D eigenvalue weighted by molar-refractivity contribution is 0.666. The molecule has 0 aliphatic heterocycles. The van der Waals surface area contributed by atoms with Gasteiger partial charge in [-0.05, 0) is 170 Å². The summed E-state index contributed by atoms with van der Waals surface area (Å²) in [5.74, 6) is 1.19. The van der Waals surface area contributed by atoms with E-state index in [1.807, 2.05) is 36.4 Å². The molecule has 18 aromatic carbocycles. The Morgan fingerprint density at radius 2 is 0.508 bits per heavy atom. The Hall–Kier alpha value is -16.8. The molecule has 28 aromatic rings. The molecule has 0 saturated carbocycles. The average Bonchev–Trinajstić information content (AvgIpc) is 1.52. The number of aromatic nitrogens is 8. The monoisotopic (exact) mass is 1580 g/mol. The second-order valence-corrected chi connectivity index (χ2v) is 32.7. The van der Waals surface area contributed by atoms with E-state index in [4.69, 9.17) is 28.8 Å². The SMILES string of the molecule is c1ccc(-c2ccc(-c3nc(-n4c5ccc(-c6ccccc6)cc5c5c6c7ccccc7n7c8ccc(-c9ccccc9)cc8c(cc54)c67)nc4c3oc3ccccc34)cc2)cc1.c1ccc(-c2ccc3c(c2)c2c4c5ccccc5n5c6ccc(-c7ccccc7)cc6c(cc2n3-c2nc(-c3ccc6ccccc6c3)c3oc6ccccc6c3n2)c45)cc1. The van der Waals surface area contributed by atoms with Crippen LogP contribution >= 0.6 is 0 Å². The largest absolute Gasteiger partial charge is 0.452 e. The highest BCUT2D eigenvalue weighted by atomic mass is 16.3. The van der Waals surface area contributed by atoms with Gasteiger partial charge in [0.15, 0.2) is 11.2 Å². The predicted octanol–water partition coefficient (Wildman–Crippen LogP) is 30.1. The van der Waals surface area contributed by atoms with E-state index in [1.54, 1.807) is 0 Å². The van der Waals surface area contributed by atoms with Gasteiger partial charge in [0.2, 0.25) is 11.9 Å². The van der Waals surface area contributed by atoms with Gasteiger partial charge in [-0.2, -0.15) is 0 Å². The fraction of sp³-hybridized carbons (Fsp3) is 0. The Balaban J connectivity index is 0.000000130. The van der Waals surface area contributed by atoms with Crippen molar-refractivity contribution in [2.24, 2.45) is 0 Å². The summed E-state index contributed by atoms with van der Waals surface area (Å²) in [6, 6.07) is 143. The molecule has 0 radical (unpaired) electrons. The number of hydrogen-bond acceptors (Lipinski definition) is 6. The third-order valence-corrected chi connectivity index (χ3v) is 25.9. The average molecular weight is 1580 g/mol. The minimum atomic E-state index is 0.593. The van der Waals surface area contributed by atoms with Gasteiger partial charge in [-0.3, -0.25) is 9.13 Å². The van der Waals surface area contributed by atoms with E-state index in [0.717, 1.165) is 110 Å². The van der Waals surface area contributed by atoms with Crippen LogP contribution in [-0.2, 0) is 0 Å². The maximum Gasteiger partial charge on any atom is 0.236 e. The Labute approximate surface area is 707 Å². The Kier molecular flexibility index (Phi) is 14.5. The van der Waals surface area contributed by atoms with E-state index < -0.39 is 0 Å². The fourth-order valence-electron chi connectivity index (χ4n) is 20.3. The molecule has 0 aliphatic carbocycles. The Morgan fingerprint density at radius 1 is 0.185 bits per heavy atom. The quantitative estimate of drug-likeness (QED) is 0.143. The maximum atomic E-state index is 6.65. The molecule has 0 N–H and O–H groups in total. The van der Waals surface area contributed by atoms with Gasteiger partial charge in [-0.15, -0.1) is 0 Å².